The van der Waals surface area contributed by atoms with Crippen LogP contribution in [-0.4, -0.2) is 35.2 Å². The molecule has 0 spiro atoms. The molecule has 1 aromatic heterocycles. The summed E-state index contributed by atoms with van der Waals surface area (Å²) in [5.74, 6) is 1.46. The number of carbonyl (C=O) groups is 1. The van der Waals surface area contributed by atoms with E-state index >= 15 is 0 Å². The molecular weight excluding hydrogens is 292 g/mol. The fourth-order valence-corrected chi connectivity index (χ4v) is 1.89. The lowest BCUT2D eigenvalue weighted by atomic mass is 10.2. The quantitative estimate of drug-likeness (QED) is 0.688. The summed E-state index contributed by atoms with van der Waals surface area (Å²) in [4.78, 5) is 15.9. The van der Waals surface area contributed by atoms with Crippen LogP contribution in [0.25, 0.3) is 0 Å². The Bertz CT molecular complexity index is 398. The average molecular weight is 319 g/mol. The molecule has 6 nitrogen and oxygen atoms in total. The van der Waals surface area contributed by atoms with Crippen LogP contribution in [0, 0.1) is 0 Å². The number of amides is 1. The molecule has 1 atom stereocenters. The molecule has 7 heteroatoms. The van der Waals surface area contributed by atoms with Gasteiger partial charge in [0.15, 0.2) is 5.82 Å². The Hall–Kier alpha value is -1.14. The van der Waals surface area contributed by atoms with Gasteiger partial charge in [-0.15, -0.1) is 12.4 Å². The first kappa shape index (κ1) is 19.9. The van der Waals surface area contributed by atoms with Gasteiger partial charge >= 0.3 is 0 Å². The monoisotopic (exact) mass is 318 g/mol. The van der Waals surface area contributed by atoms with Gasteiger partial charge in [0.05, 0.1) is 0 Å². The van der Waals surface area contributed by atoms with Gasteiger partial charge in [-0.1, -0.05) is 19.0 Å². The van der Waals surface area contributed by atoms with Crippen molar-refractivity contribution in [1.82, 2.24) is 20.8 Å². The second-order valence-electron chi connectivity index (χ2n) is 4.97. The zero-order valence-electron chi connectivity index (χ0n) is 13.1. The number of halogens is 1. The summed E-state index contributed by atoms with van der Waals surface area (Å²) in [5, 5.41) is 10.0. The first-order valence-electron chi connectivity index (χ1n) is 7.47. The van der Waals surface area contributed by atoms with Crippen LogP contribution >= 0.6 is 12.4 Å². The number of aryl methyl sites for hydroxylation is 2. The van der Waals surface area contributed by atoms with Crippen LogP contribution < -0.4 is 10.6 Å². The van der Waals surface area contributed by atoms with Crippen molar-refractivity contribution in [3.05, 3.63) is 11.7 Å². The molecule has 0 aliphatic carbocycles. The zero-order chi connectivity index (χ0) is 14.8. The van der Waals surface area contributed by atoms with Crippen LogP contribution in [0.5, 0.6) is 0 Å². The first-order chi connectivity index (χ1) is 9.65. The highest BCUT2D eigenvalue weighted by Gasteiger charge is 2.08. The van der Waals surface area contributed by atoms with Crippen molar-refractivity contribution >= 4 is 18.3 Å². The van der Waals surface area contributed by atoms with E-state index in [1.165, 1.54) is 0 Å². The number of nitrogens with zero attached hydrogens (tertiary/aromatic N) is 2. The van der Waals surface area contributed by atoms with E-state index in [4.69, 9.17) is 4.52 Å². The Balaban J connectivity index is 0.00000400. The molecule has 0 saturated carbocycles. The third-order valence-electron chi connectivity index (χ3n) is 2.94. The molecule has 0 fully saturated rings. The molecule has 1 heterocycles. The van der Waals surface area contributed by atoms with Gasteiger partial charge < -0.3 is 15.2 Å². The highest BCUT2D eigenvalue weighted by atomic mass is 35.5. The maximum absolute atomic E-state index is 11.6. The molecule has 1 aromatic rings. The molecule has 0 radical (unpaired) electrons. The summed E-state index contributed by atoms with van der Waals surface area (Å²) in [7, 11) is 0. The molecule has 1 amide bonds. The predicted molar refractivity (Wildman–Crippen MR) is 84.6 cm³/mol. The number of hydrogen-bond acceptors (Lipinski definition) is 5. The number of hydrogen-bond donors (Lipinski definition) is 2. The molecule has 1 rings (SSSR count). The molecule has 0 bridgehead atoms. The third-order valence-corrected chi connectivity index (χ3v) is 2.94. The van der Waals surface area contributed by atoms with E-state index in [0.29, 0.717) is 31.3 Å². The lowest BCUT2D eigenvalue weighted by Gasteiger charge is -2.12. The molecule has 0 aromatic carbocycles. The number of likely N-dealkylation sites (N-methyl/N-ethyl adjacent to an activating group) is 1. The van der Waals surface area contributed by atoms with Crippen LogP contribution in [-0.2, 0) is 17.6 Å². The van der Waals surface area contributed by atoms with Crippen LogP contribution in [0.3, 0.4) is 0 Å². The van der Waals surface area contributed by atoms with E-state index in [9.17, 15) is 4.79 Å². The van der Waals surface area contributed by atoms with E-state index in [1.807, 2.05) is 0 Å². The van der Waals surface area contributed by atoms with Crippen molar-refractivity contribution < 1.29 is 9.32 Å². The van der Waals surface area contributed by atoms with Gasteiger partial charge in [0.2, 0.25) is 11.8 Å². The Morgan fingerprint density at radius 3 is 2.76 bits per heavy atom. The fourth-order valence-electron chi connectivity index (χ4n) is 1.89. The van der Waals surface area contributed by atoms with Gasteiger partial charge in [-0.25, -0.2) is 0 Å². The molecule has 0 unspecified atom stereocenters. The Labute approximate surface area is 132 Å². The second kappa shape index (κ2) is 11.5. The molecule has 2 N–H and O–H groups in total. The third kappa shape index (κ3) is 8.67. The summed E-state index contributed by atoms with van der Waals surface area (Å²) in [6.07, 6.45) is 3.73. The standard InChI is InChI=1S/C14H26N4O2.ClH/c1-4-7-12-17-14(20-18-12)9-6-8-13(19)16-10-11(3)15-5-2;/h11,15H,4-10H2,1-3H3,(H,16,19);1H/t11-;/m1./s1. The smallest absolute Gasteiger partial charge is 0.226 e. The Morgan fingerprint density at radius 2 is 2.10 bits per heavy atom. The Kier molecular flexibility index (Phi) is 10.9. The first-order valence-corrected chi connectivity index (χ1v) is 7.47. The summed E-state index contributed by atoms with van der Waals surface area (Å²) >= 11 is 0. The number of nitrogens with one attached hydrogen (secondary N) is 2. The Morgan fingerprint density at radius 1 is 1.33 bits per heavy atom. The SMILES string of the molecule is CCCc1noc(CCCC(=O)NC[C@@H](C)NCC)n1.Cl. The van der Waals surface area contributed by atoms with Gasteiger partial charge in [0.1, 0.15) is 0 Å². The number of carbonyl (C=O) groups excluding carboxylic acids is 1. The summed E-state index contributed by atoms with van der Waals surface area (Å²) in [6.45, 7) is 7.75. The van der Waals surface area contributed by atoms with Gasteiger partial charge in [0, 0.05) is 31.8 Å². The van der Waals surface area contributed by atoms with E-state index in [2.05, 4.69) is 41.5 Å². The molecular formula is C14H27ClN4O2. The van der Waals surface area contributed by atoms with E-state index in [1.54, 1.807) is 0 Å². The maximum atomic E-state index is 11.6. The van der Waals surface area contributed by atoms with Gasteiger partial charge in [-0.3, -0.25) is 4.79 Å². The molecule has 0 saturated heterocycles. The van der Waals surface area contributed by atoms with Crippen LogP contribution in [0.1, 0.15) is 51.7 Å². The van der Waals surface area contributed by atoms with Crippen molar-refractivity contribution in [3.8, 4) is 0 Å². The highest BCUT2D eigenvalue weighted by molar-refractivity contribution is 5.85. The highest BCUT2D eigenvalue weighted by Crippen LogP contribution is 2.04. The second-order valence-corrected chi connectivity index (χ2v) is 4.97. The summed E-state index contributed by atoms with van der Waals surface area (Å²) < 4.78 is 5.13. The van der Waals surface area contributed by atoms with Gasteiger partial charge in [-0.2, -0.15) is 4.98 Å². The van der Waals surface area contributed by atoms with Crippen LogP contribution in [0.4, 0.5) is 0 Å². The van der Waals surface area contributed by atoms with Crippen LogP contribution in [0.15, 0.2) is 4.52 Å². The molecule has 0 aliphatic heterocycles. The van der Waals surface area contributed by atoms with Crippen molar-refractivity contribution in [2.45, 2.75) is 58.9 Å². The van der Waals surface area contributed by atoms with Crippen molar-refractivity contribution in [2.75, 3.05) is 13.1 Å². The minimum Gasteiger partial charge on any atom is -0.355 e. The van der Waals surface area contributed by atoms with Crippen molar-refractivity contribution in [2.24, 2.45) is 0 Å². The van der Waals surface area contributed by atoms with Crippen molar-refractivity contribution in [3.63, 3.8) is 0 Å². The normalized spacial score (nSPS) is 11.8. The number of aromatic nitrogens is 2. The largest absolute Gasteiger partial charge is 0.355 e. The predicted octanol–water partition coefficient (Wildman–Crippen LogP) is 1.88. The lowest BCUT2D eigenvalue weighted by Crippen LogP contribution is -2.38. The maximum Gasteiger partial charge on any atom is 0.226 e. The zero-order valence-corrected chi connectivity index (χ0v) is 14.0. The summed E-state index contributed by atoms with van der Waals surface area (Å²) in [5.41, 5.74) is 0. The van der Waals surface area contributed by atoms with Gasteiger partial charge in [0.25, 0.3) is 0 Å². The van der Waals surface area contributed by atoms with E-state index in [0.717, 1.165) is 31.6 Å². The molecule has 0 aliphatic rings. The van der Waals surface area contributed by atoms with Gasteiger partial charge in [-0.05, 0) is 26.3 Å². The topological polar surface area (TPSA) is 80.0 Å². The summed E-state index contributed by atoms with van der Waals surface area (Å²) in [6, 6.07) is 0.302. The fraction of sp³-hybridized carbons (Fsp3) is 0.786. The average Bonchev–Trinajstić information content (AvgIpc) is 2.85. The lowest BCUT2D eigenvalue weighted by molar-refractivity contribution is -0.121. The number of rotatable bonds is 10. The van der Waals surface area contributed by atoms with E-state index in [-0.39, 0.29) is 18.3 Å². The van der Waals surface area contributed by atoms with Crippen LogP contribution in [0.2, 0.25) is 0 Å². The molecule has 122 valence electrons. The minimum absolute atomic E-state index is 0. The van der Waals surface area contributed by atoms with E-state index < -0.39 is 0 Å². The molecule has 21 heavy (non-hydrogen) atoms. The minimum atomic E-state index is 0. The van der Waals surface area contributed by atoms with Crippen molar-refractivity contribution in [1.29, 1.82) is 0 Å².